The van der Waals surface area contributed by atoms with Gasteiger partial charge in [0.25, 0.3) is 0 Å². The maximum absolute atomic E-state index is 12.2. The van der Waals surface area contributed by atoms with Crippen LogP contribution < -0.4 is 10.4 Å². The predicted molar refractivity (Wildman–Crippen MR) is 88.5 cm³/mol. The molecule has 2 fully saturated rings. The first kappa shape index (κ1) is 15.6. The largest absolute Gasteiger partial charge is 0.497 e. The van der Waals surface area contributed by atoms with E-state index in [-0.39, 0.29) is 17.1 Å². The van der Waals surface area contributed by atoms with Crippen LogP contribution in [0.25, 0.3) is 0 Å². The molecule has 0 atom stereocenters. The van der Waals surface area contributed by atoms with Gasteiger partial charge in [-0.2, -0.15) is 0 Å². The molecule has 2 heterocycles. The third-order valence-electron chi connectivity index (χ3n) is 5.15. The van der Waals surface area contributed by atoms with E-state index in [1.54, 1.807) is 0 Å². The lowest BCUT2D eigenvalue weighted by Crippen LogP contribution is -2.41. The van der Waals surface area contributed by atoms with Crippen LogP contribution in [0.3, 0.4) is 0 Å². The van der Waals surface area contributed by atoms with E-state index < -0.39 is 7.12 Å². The van der Waals surface area contributed by atoms with Crippen molar-refractivity contribution in [3.05, 3.63) is 23.8 Å². The molecule has 0 radical (unpaired) electrons. The Morgan fingerprint density at radius 2 is 1.77 bits per heavy atom. The molecule has 1 amide bonds. The van der Waals surface area contributed by atoms with Crippen LogP contribution in [0.4, 0.5) is 5.69 Å². The third-order valence-corrected chi connectivity index (χ3v) is 5.15. The van der Waals surface area contributed by atoms with Gasteiger partial charge in [-0.3, -0.25) is 4.79 Å². The van der Waals surface area contributed by atoms with Crippen molar-refractivity contribution in [1.29, 1.82) is 0 Å². The molecule has 1 aromatic carbocycles. The fourth-order valence-electron chi connectivity index (χ4n) is 3.07. The van der Waals surface area contributed by atoms with Crippen molar-refractivity contribution >= 4 is 24.2 Å². The molecule has 118 valence electrons. The van der Waals surface area contributed by atoms with Gasteiger partial charge in [-0.1, -0.05) is 12.1 Å². The van der Waals surface area contributed by atoms with Crippen molar-refractivity contribution in [3.63, 3.8) is 0 Å². The normalized spacial score (nSPS) is 23.4. The molecule has 0 spiro atoms. The summed E-state index contributed by atoms with van der Waals surface area (Å²) >= 11 is 0. The van der Waals surface area contributed by atoms with Crippen LogP contribution in [0.15, 0.2) is 18.2 Å². The molecule has 3 rings (SSSR count). The van der Waals surface area contributed by atoms with E-state index >= 15 is 0 Å². The summed E-state index contributed by atoms with van der Waals surface area (Å²) in [4.78, 5) is 14.0. The highest BCUT2D eigenvalue weighted by Gasteiger charge is 2.53. The van der Waals surface area contributed by atoms with Crippen molar-refractivity contribution in [2.75, 3.05) is 11.4 Å². The van der Waals surface area contributed by atoms with Crippen molar-refractivity contribution < 1.29 is 14.1 Å². The van der Waals surface area contributed by atoms with Crippen LogP contribution in [-0.4, -0.2) is 30.8 Å². The number of nitrogens with zero attached hydrogens (tertiary/aromatic N) is 1. The Kier molecular flexibility index (Phi) is 3.61. The standard InChI is InChI=1S/C17H24BNO3/c1-12-8-6-9-13(19-11-7-10-14(19)20)15(12)18-21-16(2,3)17(4,5)22-18/h6,8-9H,7,10-11H2,1-5H3. The first-order valence-electron chi connectivity index (χ1n) is 7.98. The van der Waals surface area contributed by atoms with Crippen LogP contribution >= 0.6 is 0 Å². The minimum Gasteiger partial charge on any atom is -0.399 e. The topological polar surface area (TPSA) is 38.8 Å². The van der Waals surface area contributed by atoms with Crippen LogP contribution in [-0.2, 0) is 14.1 Å². The molecule has 1 aromatic rings. The van der Waals surface area contributed by atoms with Crippen molar-refractivity contribution in [1.82, 2.24) is 0 Å². The Morgan fingerprint density at radius 3 is 2.32 bits per heavy atom. The maximum atomic E-state index is 12.2. The number of carbonyl (C=O) groups is 1. The van der Waals surface area contributed by atoms with Crippen molar-refractivity contribution in [2.24, 2.45) is 0 Å². The second kappa shape index (κ2) is 5.10. The minimum absolute atomic E-state index is 0.184. The molecular weight excluding hydrogens is 277 g/mol. The van der Waals surface area contributed by atoms with Gasteiger partial charge in [0, 0.05) is 24.1 Å². The fraction of sp³-hybridized carbons (Fsp3) is 0.588. The summed E-state index contributed by atoms with van der Waals surface area (Å²) in [6.45, 7) is 11.0. The number of hydrogen-bond acceptors (Lipinski definition) is 3. The lowest BCUT2D eigenvalue weighted by atomic mass is 9.74. The Balaban J connectivity index is 2.03. The maximum Gasteiger partial charge on any atom is 0.497 e. The van der Waals surface area contributed by atoms with Gasteiger partial charge in [0.15, 0.2) is 0 Å². The first-order chi connectivity index (χ1) is 10.2. The number of hydrogen-bond donors (Lipinski definition) is 0. The fourth-order valence-corrected chi connectivity index (χ4v) is 3.07. The molecule has 2 saturated heterocycles. The van der Waals surface area contributed by atoms with Gasteiger partial charge in [-0.25, -0.2) is 0 Å². The summed E-state index contributed by atoms with van der Waals surface area (Å²) in [7, 11) is -0.436. The first-order valence-corrected chi connectivity index (χ1v) is 7.98. The second-order valence-electron chi connectivity index (χ2n) is 7.24. The van der Waals surface area contributed by atoms with Crippen LogP contribution in [0.5, 0.6) is 0 Å². The van der Waals surface area contributed by atoms with Gasteiger partial charge < -0.3 is 14.2 Å². The average Bonchev–Trinajstić information content (AvgIpc) is 2.90. The monoisotopic (exact) mass is 301 g/mol. The quantitative estimate of drug-likeness (QED) is 0.788. The highest BCUT2D eigenvalue weighted by molar-refractivity contribution is 6.64. The lowest BCUT2D eigenvalue weighted by molar-refractivity contribution is -0.117. The number of carbonyl (C=O) groups excluding carboxylic acids is 1. The molecule has 0 N–H and O–H groups in total. The summed E-state index contributed by atoms with van der Waals surface area (Å²) in [5, 5.41) is 0. The predicted octanol–water partition coefficient (Wildman–Crippen LogP) is 2.42. The molecule has 0 unspecified atom stereocenters. The molecule has 2 aliphatic heterocycles. The van der Waals surface area contributed by atoms with Crippen LogP contribution in [0, 0.1) is 6.92 Å². The third kappa shape index (κ3) is 2.36. The van der Waals surface area contributed by atoms with Gasteiger partial charge in [0.05, 0.1) is 11.2 Å². The van der Waals surface area contributed by atoms with Crippen molar-refractivity contribution in [3.8, 4) is 0 Å². The summed E-state index contributed by atoms with van der Waals surface area (Å²) in [5.41, 5.74) is 2.24. The molecule has 2 aliphatic rings. The van der Waals surface area contributed by atoms with E-state index in [2.05, 4.69) is 0 Å². The van der Waals surface area contributed by atoms with Gasteiger partial charge in [-0.05, 0) is 52.7 Å². The van der Waals surface area contributed by atoms with E-state index in [0.717, 1.165) is 29.7 Å². The molecule has 0 aliphatic carbocycles. The summed E-state index contributed by atoms with van der Waals surface area (Å²) in [6.07, 6.45) is 1.53. The SMILES string of the molecule is Cc1cccc(N2CCCC2=O)c1B1OC(C)(C)C(C)(C)O1. The Hall–Kier alpha value is -1.33. The number of anilines is 1. The zero-order valence-corrected chi connectivity index (χ0v) is 14.1. The lowest BCUT2D eigenvalue weighted by Gasteiger charge is -2.32. The van der Waals surface area contributed by atoms with Gasteiger partial charge in [0.1, 0.15) is 0 Å². The van der Waals surface area contributed by atoms with E-state index in [9.17, 15) is 4.79 Å². The summed E-state index contributed by atoms with van der Waals surface area (Å²) in [6, 6.07) is 6.03. The molecule has 4 nitrogen and oxygen atoms in total. The van der Waals surface area contributed by atoms with E-state index in [1.165, 1.54) is 0 Å². The van der Waals surface area contributed by atoms with Crippen molar-refractivity contribution in [2.45, 2.75) is 58.7 Å². The Labute approximate surface area is 132 Å². The Bertz CT molecular complexity index is 596. The number of benzene rings is 1. The van der Waals surface area contributed by atoms with Gasteiger partial charge >= 0.3 is 7.12 Å². The highest BCUT2D eigenvalue weighted by atomic mass is 16.7. The molecule has 5 heteroatoms. The molecule has 0 bridgehead atoms. The number of aryl methyl sites for hydroxylation is 1. The van der Waals surface area contributed by atoms with E-state index in [1.807, 2.05) is 57.7 Å². The average molecular weight is 301 g/mol. The smallest absolute Gasteiger partial charge is 0.399 e. The molecule has 22 heavy (non-hydrogen) atoms. The molecular formula is C17H24BNO3. The van der Waals surface area contributed by atoms with E-state index in [0.29, 0.717) is 6.42 Å². The molecule has 0 aromatic heterocycles. The highest BCUT2D eigenvalue weighted by Crippen LogP contribution is 2.37. The van der Waals surface area contributed by atoms with Crippen LogP contribution in [0.2, 0.25) is 0 Å². The minimum atomic E-state index is -0.436. The number of amides is 1. The second-order valence-corrected chi connectivity index (χ2v) is 7.24. The number of rotatable bonds is 2. The summed E-state index contributed by atoms with van der Waals surface area (Å²) in [5.74, 6) is 0.184. The zero-order valence-electron chi connectivity index (χ0n) is 14.1. The zero-order chi connectivity index (χ0) is 16.1. The van der Waals surface area contributed by atoms with Gasteiger partial charge in [0.2, 0.25) is 5.91 Å². The van der Waals surface area contributed by atoms with Gasteiger partial charge in [-0.15, -0.1) is 0 Å². The van der Waals surface area contributed by atoms with E-state index in [4.69, 9.17) is 9.31 Å². The van der Waals surface area contributed by atoms with Crippen LogP contribution in [0.1, 0.15) is 46.1 Å². The molecule has 0 saturated carbocycles. The summed E-state index contributed by atoms with van der Waals surface area (Å²) < 4.78 is 12.4. The Morgan fingerprint density at radius 1 is 1.14 bits per heavy atom.